The Balaban J connectivity index is 2.10. The van der Waals surface area contributed by atoms with Crippen LogP contribution in [-0.4, -0.2) is 6.04 Å². The molecule has 1 saturated carbocycles. The Morgan fingerprint density at radius 2 is 1.94 bits per heavy atom. The summed E-state index contributed by atoms with van der Waals surface area (Å²) in [7, 11) is 0. The van der Waals surface area contributed by atoms with Crippen LogP contribution in [0.25, 0.3) is 0 Å². The molecule has 2 rings (SSSR count). The van der Waals surface area contributed by atoms with E-state index in [0.29, 0.717) is 6.04 Å². The Bertz CT molecular complexity index is 354. The third-order valence-corrected chi connectivity index (χ3v) is 3.47. The van der Waals surface area contributed by atoms with Gasteiger partial charge in [-0.05, 0) is 44.4 Å². The van der Waals surface area contributed by atoms with Crippen molar-refractivity contribution in [2.24, 2.45) is 0 Å². The van der Waals surface area contributed by atoms with Crippen LogP contribution in [-0.2, 0) is 5.54 Å². The summed E-state index contributed by atoms with van der Waals surface area (Å²) in [5.74, 6) is -0.154. The monoisotopic (exact) mass is 221 g/mol. The van der Waals surface area contributed by atoms with Gasteiger partial charge in [-0.1, -0.05) is 25.0 Å². The Hall–Kier alpha value is -0.890. The van der Waals surface area contributed by atoms with Crippen LogP contribution in [0.1, 0.15) is 45.1 Å². The Morgan fingerprint density at radius 3 is 2.56 bits per heavy atom. The molecule has 0 spiro atoms. The molecule has 1 nitrogen and oxygen atoms in total. The second-order valence-electron chi connectivity index (χ2n) is 5.26. The summed E-state index contributed by atoms with van der Waals surface area (Å²) in [6, 6.07) is 7.49. The number of nitrogens with one attached hydrogen (secondary N) is 1. The van der Waals surface area contributed by atoms with Gasteiger partial charge in [-0.25, -0.2) is 4.39 Å². The third-order valence-electron chi connectivity index (χ3n) is 3.47. The SMILES string of the molecule is CC(C)(NC1CCCC1)c1cccc(F)c1. The summed E-state index contributed by atoms with van der Waals surface area (Å²) in [5.41, 5.74) is 0.885. The molecule has 1 aromatic carbocycles. The number of halogens is 1. The fourth-order valence-electron chi connectivity index (χ4n) is 2.54. The van der Waals surface area contributed by atoms with Gasteiger partial charge in [-0.2, -0.15) is 0 Å². The van der Waals surface area contributed by atoms with E-state index in [0.717, 1.165) is 5.56 Å². The third kappa shape index (κ3) is 2.62. The molecule has 1 aromatic rings. The van der Waals surface area contributed by atoms with Crippen LogP contribution in [0.5, 0.6) is 0 Å². The first kappa shape index (κ1) is 11.6. The molecule has 16 heavy (non-hydrogen) atoms. The van der Waals surface area contributed by atoms with E-state index in [1.807, 2.05) is 6.07 Å². The summed E-state index contributed by atoms with van der Waals surface area (Å²) < 4.78 is 13.2. The van der Waals surface area contributed by atoms with E-state index < -0.39 is 0 Å². The van der Waals surface area contributed by atoms with Gasteiger partial charge in [0.1, 0.15) is 5.82 Å². The smallest absolute Gasteiger partial charge is 0.123 e. The topological polar surface area (TPSA) is 12.0 Å². The molecule has 0 radical (unpaired) electrons. The van der Waals surface area contributed by atoms with Gasteiger partial charge >= 0.3 is 0 Å². The van der Waals surface area contributed by atoms with Gasteiger partial charge in [-0.15, -0.1) is 0 Å². The summed E-state index contributed by atoms with van der Waals surface area (Å²) in [6.45, 7) is 4.25. The van der Waals surface area contributed by atoms with Crippen LogP contribution in [0, 0.1) is 5.82 Å². The van der Waals surface area contributed by atoms with E-state index in [4.69, 9.17) is 0 Å². The molecule has 0 bridgehead atoms. The Morgan fingerprint density at radius 1 is 1.25 bits per heavy atom. The highest BCUT2D eigenvalue weighted by Crippen LogP contribution is 2.26. The van der Waals surface area contributed by atoms with Crippen molar-refractivity contribution in [3.05, 3.63) is 35.6 Å². The molecule has 0 heterocycles. The first-order valence-electron chi connectivity index (χ1n) is 6.12. The predicted molar refractivity (Wildman–Crippen MR) is 64.8 cm³/mol. The van der Waals surface area contributed by atoms with Crippen LogP contribution >= 0.6 is 0 Å². The molecule has 2 heteroatoms. The van der Waals surface area contributed by atoms with Gasteiger partial charge in [0.05, 0.1) is 0 Å². The molecule has 0 amide bonds. The number of hydrogen-bond acceptors (Lipinski definition) is 1. The maximum atomic E-state index is 13.2. The number of benzene rings is 1. The van der Waals surface area contributed by atoms with Crippen LogP contribution < -0.4 is 5.32 Å². The summed E-state index contributed by atoms with van der Waals surface area (Å²) in [6.07, 6.45) is 5.13. The van der Waals surface area contributed by atoms with Gasteiger partial charge in [-0.3, -0.25) is 0 Å². The molecule has 1 N–H and O–H groups in total. The molecule has 0 saturated heterocycles. The minimum Gasteiger partial charge on any atom is -0.305 e. The molecule has 0 aliphatic heterocycles. The van der Waals surface area contributed by atoms with Gasteiger partial charge in [0.2, 0.25) is 0 Å². The van der Waals surface area contributed by atoms with E-state index >= 15 is 0 Å². The lowest BCUT2D eigenvalue weighted by molar-refractivity contribution is 0.341. The molecule has 1 aliphatic rings. The molecule has 1 aliphatic carbocycles. The first-order chi connectivity index (χ1) is 7.58. The number of hydrogen-bond donors (Lipinski definition) is 1. The Labute approximate surface area is 97.1 Å². The van der Waals surface area contributed by atoms with Crippen molar-refractivity contribution >= 4 is 0 Å². The van der Waals surface area contributed by atoms with Gasteiger partial charge in [0, 0.05) is 11.6 Å². The van der Waals surface area contributed by atoms with Gasteiger partial charge in [0.15, 0.2) is 0 Å². The number of rotatable bonds is 3. The lowest BCUT2D eigenvalue weighted by atomic mass is 9.93. The fourth-order valence-corrected chi connectivity index (χ4v) is 2.54. The summed E-state index contributed by atoms with van der Waals surface area (Å²) >= 11 is 0. The molecular formula is C14H20FN. The van der Waals surface area contributed by atoms with Crippen LogP contribution in [0.2, 0.25) is 0 Å². The minimum atomic E-state index is -0.154. The fraction of sp³-hybridized carbons (Fsp3) is 0.571. The van der Waals surface area contributed by atoms with Gasteiger partial charge in [0.25, 0.3) is 0 Å². The first-order valence-corrected chi connectivity index (χ1v) is 6.12. The molecular weight excluding hydrogens is 201 g/mol. The van der Waals surface area contributed by atoms with E-state index in [2.05, 4.69) is 19.2 Å². The zero-order chi connectivity index (χ0) is 11.6. The van der Waals surface area contributed by atoms with Crippen molar-refractivity contribution in [3.8, 4) is 0 Å². The van der Waals surface area contributed by atoms with Crippen molar-refractivity contribution < 1.29 is 4.39 Å². The molecule has 0 atom stereocenters. The standard InChI is InChI=1S/C14H20FN/c1-14(2,16-13-8-3-4-9-13)11-6-5-7-12(15)10-11/h5-7,10,13,16H,3-4,8-9H2,1-2H3. The normalized spacial score (nSPS) is 17.9. The van der Waals surface area contributed by atoms with Crippen molar-refractivity contribution in [1.82, 2.24) is 5.32 Å². The van der Waals surface area contributed by atoms with E-state index in [1.165, 1.54) is 31.7 Å². The Kier molecular flexibility index (Phi) is 3.29. The van der Waals surface area contributed by atoms with Crippen molar-refractivity contribution in [2.45, 2.75) is 51.1 Å². The molecule has 0 unspecified atom stereocenters. The quantitative estimate of drug-likeness (QED) is 0.822. The minimum absolute atomic E-state index is 0.142. The maximum Gasteiger partial charge on any atom is 0.123 e. The van der Waals surface area contributed by atoms with Crippen LogP contribution in [0.4, 0.5) is 4.39 Å². The largest absolute Gasteiger partial charge is 0.305 e. The zero-order valence-electron chi connectivity index (χ0n) is 10.1. The molecule has 0 aromatic heterocycles. The average molecular weight is 221 g/mol. The van der Waals surface area contributed by atoms with Crippen LogP contribution in [0.3, 0.4) is 0 Å². The highest BCUT2D eigenvalue weighted by atomic mass is 19.1. The average Bonchev–Trinajstić information content (AvgIpc) is 2.70. The van der Waals surface area contributed by atoms with Crippen molar-refractivity contribution in [3.63, 3.8) is 0 Å². The second-order valence-corrected chi connectivity index (χ2v) is 5.26. The highest BCUT2D eigenvalue weighted by molar-refractivity contribution is 5.23. The predicted octanol–water partition coefficient (Wildman–Crippen LogP) is 3.59. The summed E-state index contributed by atoms with van der Waals surface area (Å²) in [4.78, 5) is 0. The zero-order valence-corrected chi connectivity index (χ0v) is 10.1. The van der Waals surface area contributed by atoms with E-state index in [-0.39, 0.29) is 11.4 Å². The van der Waals surface area contributed by atoms with Crippen LogP contribution in [0.15, 0.2) is 24.3 Å². The lowest BCUT2D eigenvalue weighted by Gasteiger charge is -2.30. The highest BCUT2D eigenvalue weighted by Gasteiger charge is 2.26. The van der Waals surface area contributed by atoms with Crippen molar-refractivity contribution in [2.75, 3.05) is 0 Å². The summed E-state index contributed by atoms with van der Waals surface area (Å²) in [5, 5.41) is 3.63. The molecule has 1 fully saturated rings. The maximum absolute atomic E-state index is 13.2. The molecule has 88 valence electrons. The van der Waals surface area contributed by atoms with E-state index in [1.54, 1.807) is 12.1 Å². The lowest BCUT2D eigenvalue weighted by Crippen LogP contribution is -2.42. The van der Waals surface area contributed by atoms with Gasteiger partial charge < -0.3 is 5.32 Å². The van der Waals surface area contributed by atoms with Crippen molar-refractivity contribution in [1.29, 1.82) is 0 Å². The second kappa shape index (κ2) is 4.54. The van der Waals surface area contributed by atoms with E-state index in [9.17, 15) is 4.39 Å².